The number of fused-ring (bicyclic) bond motifs is 1. The third kappa shape index (κ3) is 2.78. The average molecular weight is 281 g/mol. The number of hydrogen-bond acceptors (Lipinski definition) is 3. The fraction of sp³-hybridized carbons (Fsp3) is 0.444. The fourth-order valence-electron chi connectivity index (χ4n) is 3.09. The maximum Gasteiger partial charge on any atom is 0.138 e. The van der Waals surface area contributed by atoms with Gasteiger partial charge in [0.25, 0.3) is 0 Å². The van der Waals surface area contributed by atoms with Crippen LogP contribution in [0.3, 0.4) is 0 Å². The van der Waals surface area contributed by atoms with Crippen molar-refractivity contribution in [2.75, 3.05) is 12.4 Å². The van der Waals surface area contributed by atoms with Crippen molar-refractivity contribution in [2.45, 2.75) is 44.9 Å². The van der Waals surface area contributed by atoms with Crippen LogP contribution < -0.4 is 5.32 Å². The molecular formula is C18H23N3. The van der Waals surface area contributed by atoms with E-state index in [4.69, 9.17) is 9.97 Å². The third-order valence-corrected chi connectivity index (χ3v) is 4.29. The fourth-order valence-corrected chi connectivity index (χ4v) is 3.09. The number of nitrogens with one attached hydrogen (secondary N) is 1. The molecule has 21 heavy (non-hydrogen) atoms. The zero-order valence-electron chi connectivity index (χ0n) is 13.1. The van der Waals surface area contributed by atoms with E-state index in [1.54, 1.807) is 0 Å². The third-order valence-electron chi connectivity index (χ3n) is 4.29. The van der Waals surface area contributed by atoms with E-state index < -0.39 is 0 Å². The lowest BCUT2D eigenvalue weighted by Crippen LogP contribution is -2.15. The summed E-state index contributed by atoms with van der Waals surface area (Å²) in [6, 6.07) is 10.8. The lowest BCUT2D eigenvalue weighted by Gasteiger charge is -2.25. The molecule has 0 saturated carbocycles. The molecule has 1 heterocycles. The van der Waals surface area contributed by atoms with Gasteiger partial charge in [0, 0.05) is 24.7 Å². The highest BCUT2D eigenvalue weighted by Crippen LogP contribution is 2.35. The van der Waals surface area contributed by atoms with Gasteiger partial charge in [-0.05, 0) is 36.3 Å². The summed E-state index contributed by atoms with van der Waals surface area (Å²) in [6.45, 7) is 4.36. The SMILES string of the molecule is CNc1cc(C(C)C)nc(C2CCCc3ccccc32)n1. The maximum atomic E-state index is 4.85. The first-order valence-electron chi connectivity index (χ1n) is 7.83. The molecule has 110 valence electrons. The van der Waals surface area contributed by atoms with Crippen LogP contribution in [0, 0.1) is 0 Å². The lowest BCUT2D eigenvalue weighted by atomic mass is 9.82. The predicted molar refractivity (Wildman–Crippen MR) is 86.9 cm³/mol. The van der Waals surface area contributed by atoms with E-state index in [1.165, 1.54) is 24.0 Å². The Hall–Kier alpha value is -1.90. The molecule has 0 bridgehead atoms. The topological polar surface area (TPSA) is 37.8 Å². The van der Waals surface area contributed by atoms with Crippen LogP contribution in [0.1, 0.15) is 61.2 Å². The smallest absolute Gasteiger partial charge is 0.138 e. The molecule has 2 aromatic rings. The first-order valence-corrected chi connectivity index (χ1v) is 7.83. The highest BCUT2D eigenvalue weighted by Gasteiger charge is 2.24. The minimum Gasteiger partial charge on any atom is -0.373 e. The van der Waals surface area contributed by atoms with Crippen LogP contribution >= 0.6 is 0 Å². The van der Waals surface area contributed by atoms with Crippen molar-refractivity contribution in [2.24, 2.45) is 0 Å². The Morgan fingerprint density at radius 2 is 2.00 bits per heavy atom. The molecule has 1 aromatic heterocycles. The minimum atomic E-state index is 0.334. The van der Waals surface area contributed by atoms with Gasteiger partial charge in [-0.3, -0.25) is 0 Å². The van der Waals surface area contributed by atoms with Gasteiger partial charge in [0.05, 0.1) is 0 Å². The van der Waals surface area contributed by atoms with E-state index in [-0.39, 0.29) is 0 Å². The van der Waals surface area contributed by atoms with E-state index in [1.807, 2.05) is 7.05 Å². The summed E-state index contributed by atoms with van der Waals surface area (Å²) < 4.78 is 0. The molecule has 1 N–H and O–H groups in total. The van der Waals surface area contributed by atoms with Crippen LogP contribution in [0.2, 0.25) is 0 Å². The van der Waals surface area contributed by atoms with Gasteiger partial charge in [-0.1, -0.05) is 38.1 Å². The second-order valence-corrected chi connectivity index (χ2v) is 6.08. The molecule has 0 amide bonds. The van der Waals surface area contributed by atoms with E-state index in [0.717, 1.165) is 23.8 Å². The van der Waals surface area contributed by atoms with E-state index in [9.17, 15) is 0 Å². The molecule has 1 unspecified atom stereocenters. The second-order valence-electron chi connectivity index (χ2n) is 6.08. The Morgan fingerprint density at radius 3 is 2.76 bits per heavy atom. The van der Waals surface area contributed by atoms with Crippen LogP contribution in [0.4, 0.5) is 5.82 Å². The minimum absolute atomic E-state index is 0.334. The van der Waals surface area contributed by atoms with E-state index in [0.29, 0.717) is 11.8 Å². The summed E-state index contributed by atoms with van der Waals surface area (Å²) in [7, 11) is 1.92. The second kappa shape index (κ2) is 5.84. The highest BCUT2D eigenvalue weighted by atomic mass is 15.0. The molecule has 0 spiro atoms. The number of aromatic nitrogens is 2. The Kier molecular flexibility index (Phi) is 3.91. The number of aryl methyl sites for hydroxylation is 1. The molecule has 0 fully saturated rings. The number of benzene rings is 1. The van der Waals surface area contributed by atoms with Gasteiger partial charge in [-0.15, -0.1) is 0 Å². The molecule has 0 aliphatic heterocycles. The molecule has 1 aliphatic carbocycles. The summed E-state index contributed by atoms with van der Waals surface area (Å²) in [5.74, 6) is 2.64. The molecule has 0 saturated heterocycles. The molecule has 3 heteroatoms. The molecule has 3 nitrogen and oxygen atoms in total. The van der Waals surface area contributed by atoms with Gasteiger partial charge >= 0.3 is 0 Å². The number of rotatable bonds is 3. The van der Waals surface area contributed by atoms with Crippen LogP contribution in [0.25, 0.3) is 0 Å². The summed E-state index contributed by atoms with van der Waals surface area (Å²) >= 11 is 0. The van der Waals surface area contributed by atoms with Gasteiger partial charge in [-0.2, -0.15) is 0 Å². The van der Waals surface area contributed by atoms with Crippen LogP contribution in [-0.2, 0) is 6.42 Å². The largest absolute Gasteiger partial charge is 0.373 e. The van der Waals surface area contributed by atoms with Crippen molar-refractivity contribution in [1.29, 1.82) is 0 Å². The summed E-state index contributed by atoms with van der Waals surface area (Å²) in [5.41, 5.74) is 3.98. The van der Waals surface area contributed by atoms with Crippen LogP contribution in [-0.4, -0.2) is 17.0 Å². The predicted octanol–water partition coefficient (Wildman–Crippen LogP) is 4.11. The summed E-state index contributed by atoms with van der Waals surface area (Å²) in [5, 5.41) is 3.17. The van der Waals surface area contributed by atoms with Gasteiger partial charge in [0.2, 0.25) is 0 Å². The molecule has 3 rings (SSSR count). The standard InChI is InChI=1S/C18H23N3/c1-12(2)16-11-17(19-3)21-18(20-16)15-10-6-8-13-7-4-5-9-14(13)15/h4-5,7,9,11-12,15H,6,8,10H2,1-3H3,(H,19,20,21). The van der Waals surface area contributed by atoms with Crippen LogP contribution in [0.5, 0.6) is 0 Å². The van der Waals surface area contributed by atoms with E-state index >= 15 is 0 Å². The zero-order valence-corrected chi connectivity index (χ0v) is 13.1. The average Bonchev–Trinajstić information content (AvgIpc) is 2.53. The van der Waals surface area contributed by atoms with Crippen molar-refractivity contribution < 1.29 is 0 Å². The number of hydrogen-bond donors (Lipinski definition) is 1. The summed E-state index contributed by atoms with van der Waals surface area (Å²) in [4.78, 5) is 9.59. The van der Waals surface area contributed by atoms with Crippen molar-refractivity contribution in [1.82, 2.24) is 9.97 Å². The zero-order chi connectivity index (χ0) is 14.8. The molecule has 0 radical (unpaired) electrons. The van der Waals surface area contributed by atoms with Gasteiger partial charge < -0.3 is 5.32 Å². The maximum absolute atomic E-state index is 4.85. The van der Waals surface area contributed by atoms with Gasteiger partial charge in [-0.25, -0.2) is 9.97 Å². The van der Waals surface area contributed by atoms with Crippen molar-refractivity contribution in [3.63, 3.8) is 0 Å². The van der Waals surface area contributed by atoms with Crippen molar-refractivity contribution >= 4 is 5.82 Å². The van der Waals surface area contributed by atoms with Crippen molar-refractivity contribution in [3.8, 4) is 0 Å². The Bertz CT molecular complexity index is 634. The molecule has 1 atom stereocenters. The lowest BCUT2D eigenvalue weighted by molar-refractivity contribution is 0.585. The number of anilines is 1. The molecule has 1 aliphatic rings. The molecule has 1 aromatic carbocycles. The van der Waals surface area contributed by atoms with Crippen LogP contribution in [0.15, 0.2) is 30.3 Å². The summed E-state index contributed by atoms with van der Waals surface area (Å²) in [6.07, 6.45) is 3.53. The monoisotopic (exact) mass is 281 g/mol. The van der Waals surface area contributed by atoms with E-state index in [2.05, 4.69) is 49.5 Å². The Labute approximate surface area is 126 Å². The normalized spacial score (nSPS) is 17.6. The van der Waals surface area contributed by atoms with Gasteiger partial charge in [0.15, 0.2) is 0 Å². The van der Waals surface area contributed by atoms with Crippen molar-refractivity contribution in [3.05, 3.63) is 53.0 Å². The number of nitrogens with zero attached hydrogens (tertiary/aromatic N) is 2. The Morgan fingerprint density at radius 1 is 1.19 bits per heavy atom. The Balaban J connectivity index is 2.07. The highest BCUT2D eigenvalue weighted by molar-refractivity contribution is 5.41. The quantitative estimate of drug-likeness (QED) is 0.920. The molecular weight excluding hydrogens is 258 g/mol. The van der Waals surface area contributed by atoms with Gasteiger partial charge in [0.1, 0.15) is 11.6 Å². The first-order chi connectivity index (χ1) is 10.2. The first kappa shape index (κ1) is 14.1.